The van der Waals surface area contributed by atoms with E-state index in [1.165, 1.54) is 0 Å². The average molecular weight is 191 g/mol. The van der Waals surface area contributed by atoms with Gasteiger partial charge in [0.25, 0.3) is 0 Å². The van der Waals surface area contributed by atoms with E-state index in [9.17, 15) is 0 Å². The molecule has 1 aromatic heterocycles. The van der Waals surface area contributed by atoms with Crippen LogP contribution in [0.15, 0.2) is 18.5 Å². The fraction of sp³-hybridized carbons (Fsp3) is 0.400. The third kappa shape index (κ3) is 1.55. The number of hydrogen-bond donors (Lipinski definition) is 1. The molecule has 1 aliphatic heterocycles. The largest absolute Gasteiger partial charge is 0.482 e. The van der Waals surface area contributed by atoms with Crippen molar-refractivity contribution in [3.63, 3.8) is 0 Å². The molecular weight excluding hydrogens is 178 g/mol. The molecule has 0 saturated carbocycles. The molecular formula is C10H13N3O. The molecule has 0 unspecified atom stereocenters. The quantitative estimate of drug-likeness (QED) is 0.736. The van der Waals surface area contributed by atoms with Gasteiger partial charge in [0, 0.05) is 11.6 Å². The van der Waals surface area contributed by atoms with E-state index in [1.54, 1.807) is 6.20 Å². The predicted octanol–water partition coefficient (Wildman–Crippen LogP) is 1.92. The van der Waals surface area contributed by atoms with Gasteiger partial charge in [-0.05, 0) is 0 Å². The molecule has 1 N–H and O–H groups in total. The minimum absolute atomic E-state index is 0.317. The summed E-state index contributed by atoms with van der Waals surface area (Å²) >= 11 is 0. The van der Waals surface area contributed by atoms with Gasteiger partial charge in [0.2, 0.25) is 0 Å². The van der Waals surface area contributed by atoms with Crippen molar-refractivity contribution in [3.8, 4) is 5.75 Å². The average Bonchev–Trinajstić information content (AvgIpc) is 2.16. The zero-order chi connectivity index (χ0) is 10.1. The molecule has 0 saturated heterocycles. The van der Waals surface area contributed by atoms with Gasteiger partial charge >= 0.3 is 0 Å². The van der Waals surface area contributed by atoms with Gasteiger partial charge in [0.1, 0.15) is 12.4 Å². The van der Waals surface area contributed by atoms with E-state index in [1.807, 2.05) is 0 Å². The lowest BCUT2D eigenvalue weighted by molar-refractivity contribution is 0.342. The lowest BCUT2D eigenvalue weighted by atomic mass is 10.2. The normalized spacial score (nSPS) is 14.6. The Morgan fingerprint density at radius 2 is 2.36 bits per heavy atom. The molecule has 0 fully saturated rings. The number of fused-ring (bicyclic) bond motifs is 1. The molecule has 1 aromatic rings. The van der Waals surface area contributed by atoms with Gasteiger partial charge in [0.15, 0.2) is 11.6 Å². The van der Waals surface area contributed by atoms with E-state index >= 15 is 0 Å². The second-order valence-electron chi connectivity index (χ2n) is 3.61. The Hall–Kier alpha value is -1.58. The molecule has 2 rings (SSSR count). The maximum absolute atomic E-state index is 5.38. The Balaban J connectivity index is 2.37. The van der Waals surface area contributed by atoms with Crippen LogP contribution in [0, 0.1) is 0 Å². The van der Waals surface area contributed by atoms with Gasteiger partial charge in [-0.2, -0.15) is 0 Å². The van der Waals surface area contributed by atoms with Crippen molar-refractivity contribution in [1.29, 1.82) is 0 Å². The highest BCUT2D eigenvalue weighted by Gasteiger charge is 2.15. The second kappa shape index (κ2) is 3.29. The molecule has 2 heterocycles. The molecule has 0 atom stereocenters. The Kier molecular flexibility index (Phi) is 2.11. The summed E-state index contributed by atoms with van der Waals surface area (Å²) in [4.78, 5) is 8.57. The smallest absolute Gasteiger partial charge is 0.180 e. The molecule has 0 spiro atoms. The first-order chi connectivity index (χ1) is 6.66. The first-order valence-electron chi connectivity index (χ1n) is 4.61. The van der Waals surface area contributed by atoms with Crippen LogP contribution in [0.3, 0.4) is 0 Å². The number of ether oxygens (including phenoxy) is 1. The van der Waals surface area contributed by atoms with Gasteiger partial charge in [0.05, 0.1) is 6.20 Å². The number of anilines is 1. The highest BCUT2D eigenvalue weighted by atomic mass is 16.5. The van der Waals surface area contributed by atoms with Gasteiger partial charge in [-0.1, -0.05) is 20.4 Å². The summed E-state index contributed by atoms with van der Waals surface area (Å²) in [6, 6.07) is 0. The van der Waals surface area contributed by atoms with Crippen LogP contribution in [0.5, 0.6) is 5.75 Å². The summed E-state index contributed by atoms with van der Waals surface area (Å²) in [7, 11) is 0. The maximum Gasteiger partial charge on any atom is 0.180 e. The minimum atomic E-state index is 0.317. The fourth-order valence-corrected chi connectivity index (χ4v) is 1.23. The van der Waals surface area contributed by atoms with Crippen molar-refractivity contribution in [1.82, 2.24) is 9.97 Å². The summed E-state index contributed by atoms with van der Waals surface area (Å²) in [5.41, 5.74) is 0.825. The van der Waals surface area contributed by atoms with E-state index in [0.717, 1.165) is 17.3 Å². The van der Waals surface area contributed by atoms with Crippen LogP contribution in [0.4, 0.5) is 5.82 Å². The summed E-state index contributed by atoms with van der Waals surface area (Å²) in [5, 5.41) is 3.08. The van der Waals surface area contributed by atoms with Crippen LogP contribution in [0.1, 0.15) is 25.6 Å². The Bertz CT molecular complexity index is 374. The van der Waals surface area contributed by atoms with Crippen LogP contribution in [0.2, 0.25) is 0 Å². The highest BCUT2D eigenvalue weighted by molar-refractivity contribution is 5.54. The first-order valence-corrected chi connectivity index (χ1v) is 4.61. The Labute approximate surface area is 83.0 Å². The molecule has 14 heavy (non-hydrogen) atoms. The molecule has 0 aliphatic carbocycles. The van der Waals surface area contributed by atoms with E-state index in [-0.39, 0.29) is 0 Å². The van der Waals surface area contributed by atoms with Crippen molar-refractivity contribution >= 4 is 5.82 Å². The standard InChI is InChI=1S/C10H13N3O/c1-6(2)9-11-4-8-10(13-9)12-7(3)5-14-8/h4,6H,3,5H2,1-2H3,(H,11,12,13). The SMILES string of the molecule is C=C1COc2cnc(C(C)C)nc2N1. The van der Waals surface area contributed by atoms with Crippen LogP contribution in [0.25, 0.3) is 0 Å². The Morgan fingerprint density at radius 3 is 3.07 bits per heavy atom. The van der Waals surface area contributed by atoms with E-state index in [2.05, 4.69) is 35.7 Å². The monoisotopic (exact) mass is 191 g/mol. The number of aromatic nitrogens is 2. The summed E-state index contributed by atoms with van der Waals surface area (Å²) in [6.45, 7) is 8.39. The van der Waals surface area contributed by atoms with Gasteiger partial charge in [-0.25, -0.2) is 9.97 Å². The van der Waals surface area contributed by atoms with Crippen molar-refractivity contribution in [2.24, 2.45) is 0 Å². The summed E-state index contributed by atoms with van der Waals surface area (Å²) in [6.07, 6.45) is 1.71. The van der Waals surface area contributed by atoms with E-state index < -0.39 is 0 Å². The van der Waals surface area contributed by atoms with Gasteiger partial charge in [-0.15, -0.1) is 0 Å². The van der Waals surface area contributed by atoms with E-state index in [0.29, 0.717) is 18.3 Å². The van der Waals surface area contributed by atoms with Crippen LogP contribution in [-0.4, -0.2) is 16.6 Å². The molecule has 0 bridgehead atoms. The van der Waals surface area contributed by atoms with Gasteiger partial charge in [-0.3, -0.25) is 0 Å². The number of nitrogens with zero attached hydrogens (tertiary/aromatic N) is 2. The molecule has 0 radical (unpaired) electrons. The van der Waals surface area contributed by atoms with Gasteiger partial charge < -0.3 is 10.1 Å². The second-order valence-corrected chi connectivity index (χ2v) is 3.61. The molecule has 0 aromatic carbocycles. The number of hydrogen-bond acceptors (Lipinski definition) is 4. The van der Waals surface area contributed by atoms with Crippen molar-refractivity contribution in [3.05, 3.63) is 24.3 Å². The number of nitrogens with one attached hydrogen (secondary N) is 1. The van der Waals surface area contributed by atoms with Crippen LogP contribution in [-0.2, 0) is 0 Å². The van der Waals surface area contributed by atoms with E-state index in [4.69, 9.17) is 4.74 Å². The molecule has 4 nitrogen and oxygen atoms in total. The minimum Gasteiger partial charge on any atom is -0.482 e. The zero-order valence-electron chi connectivity index (χ0n) is 8.37. The van der Waals surface area contributed by atoms with Crippen molar-refractivity contribution in [2.75, 3.05) is 11.9 Å². The lowest BCUT2D eigenvalue weighted by Crippen LogP contribution is -2.17. The zero-order valence-corrected chi connectivity index (χ0v) is 8.37. The fourth-order valence-electron chi connectivity index (χ4n) is 1.23. The summed E-state index contributed by atoms with van der Waals surface area (Å²) in [5.74, 6) is 2.55. The lowest BCUT2D eigenvalue weighted by Gasteiger charge is -2.20. The molecule has 0 amide bonds. The predicted molar refractivity (Wildman–Crippen MR) is 54.4 cm³/mol. The molecule has 1 aliphatic rings. The number of rotatable bonds is 1. The maximum atomic E-state index is 5.38. The van der Waals surface area contributed by atoms with Crippen molar-refractivity contribution in [2.45, 2.75) is 19.8 Å². The third-order valence-corrected chi connectivity index (χ3v) is 1.99. The first kappa shape index (κ1) is 8.99. The van der Waals surface area contributed by atoms with Crippen molar-refractivity contribution < 1.29 is 4.74 Å². The molecule has 4 heteroatoms. The topological polar surface area (TPSA) is 47.0 Å². The Morgan fingerprint density at radius 1 is 1.57 bits per heavy atom. The highest BCUT2D eigenvalue weighted by Crippen LogP contribution is 2.27. The van der Waals surface area contributed by atoms with Crippen LogP contribution < -0.4 is 10.1 Å². The third-order valence-electron chi connectivity index (χ3n) is 1.99. The van der Waals surface area contributed by atoms with Crippen LogP contribution >= 0.6 is 0 Å². The summed E-state index contributed by atoms with van der Waals surface area (Å²) < 4.78 is 5.38. The molecule has 74 valence electrons.